The van der Waals surface area contributed by atoms with Crippen LogP contribution in [0.5, 0.6) is 0 Å². The van der Waals surface area contributed by atoms with E-state index in [0.717, 1.165) is 24.6 Å². The molecule has 2 heterocycles. The number of rotatable bonds is 4. The van der Waals surface area contributed by atoms with Crippen molar-refractivity contribution in [1.29, 1.82) is 0 Å². The van der Waals surface area contributed by atoms with Crippen LogP contribution in [0.25, 0.3) is 0 Å². The van der Waals surface area contributed by atoms with E-state index < -0.39 is 0 Å². The van der Waals surface area contributed by atoms with E-state index in [9.17, 15) is 4.79 Å². The number of hydrogen-bond donors (Lipinski definition) is 0. The van der Waals surface area contributed by atoms with E-state index in [2.05, 4.69) is 42.7 Å². The van der Waals surface area contributed by atoms with E-state index in [1.165, 1.54) is 63.7 Å². The molecule has 1 aromatic carbocycles. The molecule has 1 amide bonds. The summed E-state index contributed by atoms with van der Waals surface area (Å²) in [4.78, 5) is 17.5. The number of piperidine rings is 2. The second-order valence-electron chi connectivity index (χ2n) is 9.25. The quantitative estimate of drug-likeness (QED) is 0.708. The third-order valence-corrected chi connectivity index (χ3v) is 6.20. The van der Waals surface area contributed by atoms with Crippen molar-refractivity contribution >= 4 is 18.3 Å². The fourth-order valence-electron chi connectivity index (χ4n) is 4.27. The Kier molecular flexibility index (Phi) is 8.18. The summed E-state index contributed by atoms with van der Waals surface area (Å²) in [5, 5.41) is 0. The van der Waals surface area contributed by atoms with Crippen LogP contribution < -0.4 is 0 Å². The van der Waals surface area contributed by atoms with Crippen LogP contribution >= 0.6 is 12.4 Å². The highest BCUT2D eigenvalue weighted by atomic mass is 35.5. The van der Waals surface area contributed by atoms with Gasteiger partial charge < -0.3 is 9.80 Å². The van der Waals surface area contributed by atoms with E-state index in [1.54, 1.807) is 0 Å². The first-order valence-corrected chi connectivity index (χ1v) is 10.6. The molecule has 2 fully saturated rings. The molecular weight excluding hydrogens is 356 g/mol. The topological polar surface area (TPSA) is 23.6 Å². The maximum absolute atomic E-state index is 12.8. The summed E-state index contributed by atoms with van der Waals surface area (Å²) < 4.78 is 0. The van der Waals surface area contributed by atoms with Gasteiger partial charge in [-0.1, -0.05) is 39.3 Å². The van der Waals surface area contributed by atoms with Crippen LogP contribution in [0, 0.1) is 5.92 Å². The summed E-state index contributed by atoms with van der Waals surface area (Å²) in [6.07, 6.45) is 7.80. The van der Waals surface area contributed by atoms with Crippen LogP contribution in [0.15, 0.2) is 24.3 Å². The molecule has 2 saturated heterocycles. The lowest BCUT2D eigenvalue weighted by Gasteiger charge is -2.34. The first kappa shape index (κ1) is 22.2. The summed E-state index contributed by atoms with van der Waals surface area (Å²) >= 11 is 0. The minimum absolute atomic E-state index is 0. The fourth-order valence-corrected chi connectivity index (χ4v) is 4.27. The predicted octanol–water partition coefficient (Wildman–Crippen LogP) is 5.13. The summed E-state index contributed by atoms with van der Waals surface area (Å²) in [5.74, 6) is 1.00. The van der Waals surface area contributed by atoms with Crippen LogP contribution in [0.3, 0.4) is 0 Å². The second-order valence-corrected chi connectivity index (χ2v) is 9.25. The zero-order valence-electron chi connectivity index (χ0n) is 17.4. The van der Waals surface area contributed by atoms with Gasteiger partial charge in [-0.15, -0.1) is 12.4 Å². The molecular formula is C23H37ClN2O. The highest BCUT2D eigenvalue weighted by Crippen LogP contribution is 2.25. The SMILES string of the molecule is CC(C)(C)c1ccc(C(=O)N2CCC(CCN3CCCCC3)CC2)cc1.Cl. The molecule has 0 saturated carbocycles. The Hall–Kier alpha value is -1.06. The average Bonchev–Trinajstić information content (AvgIpc) is 2.66. The number of nitrogens with zero attached hydrogens (tertiary/aromatic N) is 2. The Morgan fingerprint density at radius 2 is 1.56 bits per heavy atom. The van der Waals surface area contributed by atoms with Gasteiger partial charge in [-0.3, -0.25) is 4.79 Å². The van der Waals surface area contributed by atoms with Gasteiger partial charge in [0.2, 0.25) is 0 Å². The Bertz CT molecular complexity index is 579. The summed E-state index contributed by atoms with van der Waals surface area (Å²) in [6.45, 7) is 12.3. The van der Waals surface area contributed by atoms with Crippen LogP contribution in [-0.2, 0) is 5.41 Å². The smallest absolute Gasteiger partial charge is 0.253 e. The molecule has 0 unspecified atom stereocenters. The summed E-state index contributed by atoms with van der Waals surface area (Å²) in [5.41, 5.74) is 2.25. The zero-order valence-corrected chi connectivity index (χ0v) is 18.2. The summed E-state index contributed by atoms with van der Waals surface area (Å²) in [7, 11) is 0. The molecule has 3 nitrogen and oxygen atoms in total. The predicted molar refractivity (Wildman–Crippen MR) is 116 cm³/mol. The number of halogens is 1. The normalized spacial score (nSPS) is 19.6. The molecule has 1 aromatic rings. The average molecular weight is 393 g/mol. The van der Waals surface area contributed by atoms with Gasteiger partial charge in [0, 0.05) is 18.7 Å². The van der Waals surface area contributed by atoms with Gasteiger partial charge in [0.1, 0.15) is 0 Å². The molecule has 152 valence electrons. The molecule has 0 radical (unpaired) electrons. The Labute approximate surface area is 171 Å². The second kappa shape index (κ2) is 9.93. The van der Waals surface area contributed by atoms with Crippen molar-refractivity contribution < 1.29 is 4.79 Å². The highest BCUT2D eigenvalue weighted by molar-refractivity contribution is 5.94. The van der Waals surface area contributed by atoms with Gasteiger partial charge in [-0.25, -0.2) is 0 Å². The van der Waals surface area contributed by atoms with Gasteiger partial charge in [0.15, 0.2) is 0 Å². The zero-order chi connectivity index (χ0) is 18.6. The molecule has 0 aliphatic carbocycles. The van der Waals surface area contributed by atoms with E-state index in [4.69, 9.17) is 0 Å². The minimum Gasteiger partial charge on any atom is -0.339 e. The van der Waals surface area contributed by atoms with Crippen molar-refractivity contribution in [2.24, 2.45) is 5.92 Å². The van der Waals surface area contributed by atoms with Crippen molar-refractivity contribution in [2.45, 2.75) is 64.7 Å². The van der Waals surface area contributed by atoms with Crippen LogP contribution in [0.2, 0.25) is 0 Å². The van der Waals surface area contributed by atoms with E-state index >= 15 is 0 Å². The largest absolute Gasteiger partial charge is 0.339 e. The van der Waals surface area contributed by atoms with E-state index in [1.807, 2.05) is 12.1 Å². The fraction of sp³-hybridized carbons (Fsp3) is 0.696. The van der Waals surface area contributed by atoms with Crippen LogP contribution in [-0.4, -0.2) is 48.4 Å². The molecule has 0 aromatic heterocycles. The van der Waals surface area contributed by atoms with Crippen LogP contribution in [0.1, 0.15) is 75.2 Å². The Balaban J connectivity index is 0.00000261. The van der Waals surface area contributed by atoms with Gasteiger partial charge in [-0.2, -0.15) is 0 Å². The molecule has 2 aliphatic rings. The first-order valence-electron chi connectivity index (χ1n) is 10.6. The van der Waals surface area contributed by atoms with Crippen molar-refractivity contribution in [2.75, 3.05) is 32.7 Å². The maximum Gasteiger partial charge on any atom is 0.253 e. The lowest BCUT2D eigenvalue weighted by Crippen LogP contribution is -2.39. The molecule has 27 heavy (non-hydrogen) atoms. The third kappa shape index (κ3) is 6.22. The monoisotopic (exact) mass is 392 g/mol. The van der Waals surface area contributed by atoms with Crippen molar-refractivity contribution in [3.05, 3.63) is 35.4 Å². The third-order valence-electron chi connectivity index (χ3n) is 6.20. The molecule has 0 N–H and O–H groups in total. The molecule has 2 aliphatic heterocycles. The lowest BCUT2D eigenvalue weighted by molar-refractivity contribution is 0.0679. The molecule has 0 atom stereocenters. The van der Waals surface area contributed by atoms with Crippen molar-refractivity contribution in [1.82, 2.24) is 9.80 Å². The van der Waals surface area contributed by atoms with Gasteiger partial charge in [0.05, 0.1) is 0 Å². The number of hydrogen-bond acceptors (Lipinski definition) is 2. The van der Waals surface area contributed by atoms with Gasteiger partial charge >= 0.3 is 0 Å². The lowest BCUT2D eigenvalue weighted by atomic mass is 9.86. The number of carbonyl (C=O) groups excluding carboxylic acids is 1. The number of amides is 1. The van der Waals surface area contributed by atoms with E-state index in [0.29, 0.717) is 0 Å². The van der Waals surface area contributed by atoms with E-state index in [-0.39, 0.29) is 23.7 Å². The van der Waals surface area contributed by atoms with Gasteiger partial charge in [-0.05, 0) is 80.8 Å². The molecule has 3 rings (SSSR count). The summed E-state index contributed by atoms with van der Waals surface area (Å²) in [6, 6.07) is 8.23. The maximum atomic E-state index is 12.8. The Morgan fingerprint density at radius 1 is 0.963 bits per heavy atom. The highest BCUT2D eigenvalue weighted by Gasteiger charge is 2.24. The Morgan fingerprint density at radius 3 is 2.11 bits per heavy atom. The molecule has 4 heteroatoms. The number of carbonyl (C=O) groups is 1. The first-order chi connectivity index (χ1) is 12.4. The number of benzene rings is 1. The van der Waals surface area contributed by atoms with Crippen molar-refractivity contribution in [3.8, 4) is 0 Å². The van der Waals surface area contributed by atoms with Crippen LogP contribution in [0.4, 0.5) is 0 Å². The molecule has 0 spiro atoms. The number of likely N-dealkylation sites (tertiary alicyclic amines) is 2. The van der Waals surface area contributed by atoms with Gasteiger partial charge in [0.25, 0.3) is 5.91 Å². The van der Waals surface area contributed by atoms with Crippen molar-refractivity contribution in [3.63, 3.8) is 0 Å². The molecule has 0 bridgehead atoms. The standard InChI is InChI=1S/C23H36N2O.ClH/c1-23(2,3)21-9-7-20(8-10-21)22(26)25-17-12-19(13-18-25)11-16-24-14-5-4-6-15-24;/h7-10,19H,4-6,11-18H2,1-3H3;1H. The minimum atomic E-state index is 0.